The quantitative estimate of drug-likeness (QED) is 0.582. The number of aliphatic imine (C=N–C) groups is 1. The van der Waals surface area contributed by atoms with Crippen LogP contribution in [0.4, 0.5) is 0 Å². The minimum atomic E-state index is -0.536. The van der Waals surface area contributed by atoms with Crippen LogP contribution in [0.15, 0.2) is 35.3 Å². The van der Waals surface area contributed by atoms with Crippen molar-refractivity contribution in [3.8, 4) is 0 Å². The van der Waals surface area contributed by atoms with E-state index >= 15 is 0 Å². The van der Waals surface area contributed by atoms with Crippen molar-refractivity contribution in [2.24, 2.45) is 16.3 Å². The van der Waals surface area contributed by atoms with Crippen molar-refractivity contribution in [2.75, 3.05) is 20.2 Å². The van der Waals surface area contributed by atoms with E-state index in [9.17, 15) is 5.11 Å². The number of aliphatic hydroxyl groups excluding tert-OH is 1. The molecule has 1 aliphatic heterocycles. The van der Waals surface area contributed by atoms with Gasteiger partial charge in [0.25, 0.3) is 0 Å². The maximum Gasteiger partial charge on any atom is 0.191 e. The number of benzene rings is 1. The number of aliphatic hydroxyl groups is 1. The first-order valence-corrected chi connectivity index (χ1v) is 9.06. The number of guanidine groups is 1. The van der Waals surface area contributed by atoms with E-state index in [0.29, 0.717) is 30.0 Å². The van der Waals surface area contributed by atoms with E-state index in [-0.39, 0.29) is 0 Å². The van der Waals surface area contributed by atoms with Gasteiger partial charge in [-0.1, -0.05) is 36.8 Å². The monoisotopic (exact) mass is 329 g/mol. The lowest BCUT2D eigenvalue weighted by Crippen LogP contribution is -2.72. The van der Waals surface area contributed by atoms with Crippen LogP contribution in [0.1, 0.15) is 37.4 Å². The average Bonchev–Trinajstić information content (AvgIpc) is 2.99. The molecule has 0 bridgehead atoms. The Labute approximate surface area is 143 Å². The molecule has 1 heterocycles. The summed E-state index contributed by atoms with van der Waals surface area (Å²) in [6, 6.07) is 10.2. The molecule has 2 saturated carbocycles. The van der Waals surface area contributed by atoms with E-state index in [1.165, 1.54) is 19.3 Å². The Balaban J connectivity index is 1.35. The number of hydrogen-bond acceptors (Lipinski definition) is 3. The summed E-state index contributed by atoms with van der Waals surface area (Å²) in [6.45, 7) is 1.35. The van der Waals surface area contributed by atoms with Crippen LogP contribution in [-0.2, 0) is 4.74 Å². The summed E-state index contributed by atoms with van der Waals surface area (Å²) in [6.07, 6.45) is 4.89. The van der Waals surface area contributed by atoms with E-state index in [0.717, 1.165) is 24.6 Å². The molecule has 5 nitrogen and oxygen atoms in total. The summed E-state index contributed by atoms with van der Waals surface area (Å²) in [5.74, 6) is 1.40. The largest absolute Gasteiger partial charge is 0.387 e. The lowest BCUT2D eigenvalue weighted by molar-refractivity contribution is -0.171. The Kier molecular flexibility index (Phi) is 4.22. The van der Waals surface area contributed by atoms with Crippen molar-refractivity contribution in [1.29, 1.82) is 0 Å². The van der Waals surface area contributed by atoms with Crippen molar-refractivity contribution in [1.82, 2.24) is 10.6 Å². The van der Waals surface area contributed by atoms with Gasteiger partial charge < -0.3 is 20.5 Å². The maximum absolute atomic E-state index is 10.3. The predicted molar refractivity (Wildman–Crippen MR) is 93.8 cm³/mol. The van der Waals surface area contributed by atoms with E-state index in [1.54, 1.807) is 7.05 Å². The second kappa shape index (κ2) is 6.37. The molecular weight excluding hydrogens is 302 g/mol. The molecular formula is C19H27N3O2. The van der Waals surface area contributed by atoms with Gasteiger partial charge in [0, 0.05) is 37.6 Å². The molecule has 24 heavy (non-hydrogen) atoms. The van der Waals surface area contributed by atoms with Crippen LogP contribution >= 0.6 is 0 Å². The van der Waals surface area contributed by atoms with Gasteiger partial charge in [-0.15, -0.1) is 0 Å². The van der Waals surface area contributed by atoms with Crippen LogP contribution in [0.25, 0.3) is 0 Å². The van der Waals surface area contributed by atoms with Crippen LogP contribution in [0.5, 0.6) is 0 Å². The molecule has 1 saturated heterocycles. The number of nitrogens with zero attached hydrogens (tertiary/aromatic N) is 1. The van der Waals surface area contributed by atoms with Gasteiger partial charge in [-0.25, -0.2) is 0 Å². The van der Waals surface area contributed by atoms with Gasteiger partial charge in [0.05, 0.1) is 12.2 Å². The fourth-order valence-corrected chi connectivity index (χ4v) is 4.78. The van der Waals surface area contributed by atoms with Crippen LogP contribution in [0, 0.1) is 11.3 Å². The van der Waals surface area contributed by atoms with Gasteiger partial charge in [-0.3, -0.25) is 4.99 Å². The van der Waals surface area contributed by atoms with Crippen LogP contribution in [0.3, 0.4) is 0 Å². The summed E-state index contributed by atoms with van der Waals surface area (Å²) in [5.41, 5.74) is 1.25. The van der Waals surface area contributed by atoms with E-state index in [2.05, 4.69) is 15.6 Å². The van der Waals surface area contributed by atoms with Crippen molar-refractivity contribution >= 4 is 5.96 Å². The van der Waals surface area contributed by atoms with Crippen molar-refractivity contribution in [2.45, 2.75) is 43.9 Å². The maximum atomic E-state index is 10.3. The minimum Gasteiger partial charge on any atom is -0.387 e. The third-order valence-corrected chi connectivity index (χ3v) is 6.20. The molecule has 1 spiro atoms. The summed E-state index contributed by atoms with van der Waals surface area (Å²) in [5, 5.41) is 17.2. The lowest BCUT2D eigenvalue weighted by atomic mass is 9.46. The number of ether oxygens (including phenoxy) is 1. The molecule has 1 aromatic carbocycles. The van der Waals surface area contributed by atoms with Crippen LogP contribution < -0.4 is 10.6 Å². The summed E-state index contributed by atoms with van der Waals surface area (Å²) >= 11 is 0. The topological polar surface area (TPSA) is 65.9 Å². The van der Waals surface area contributed by atoms with E-state index in [1.807, 2.05) is 30.3 Å². The summed E-state index contributed by atoms with van der Waals surface area (Å²) in [7, 11) is 1.79. The van der Waals surface area contributed by atoms with Crippen molar-refractivity contribution < 1.29 is 9.84 Å². The van der Waals surface area contributed by atoms with Crippen molar-refractivity contribution in [3.05, 3.63) is 35.9 Å². The zero-order valence-corrected chi connectivity index (χ0v) is 14.2. The molecule has 3 aliphatic rings. The number of hydrogen-bond donors (Lipinski definition) is 3. The predicted octanol–water partition coefficient (Wildman–Crippen LogP) is 1.84. The Morgan fingerprint density at radius 3 is 2.83 bits per heavy atom. The van der Waals surface area contributed by atoms with Gasteiger partial charge in [0.1, 0.15) is 0 Å². The molecule has 4 rings (SSSR count). The second-order valence-corrected chi connectivity index (χ2v) is 7.33. The molecule has 3 fully saturated rings. The van der Waals surface area contributed by atoms with Gasteiger partial charge in [-0.05, 0) is 24.8 Å². The highest BCUT2D eigenvalue weighted by Crippen LogP contribution is 2.62. The Bertz CT molecular complexity index is 600. The van der Waals surface area contributed by atoms with E-state index in [4.69, 9.17) is 4.74 Å². The third-order valence-electron chi connectivity index (χ3n) is 6.20. The SMILES string of the molecule is CN=C(NCC(O)c1ccccc1)NC1C2CCOC2C12CCC2. The normalized spacial score (nSPS) is 31.8. The Hall–Kier alpha value is -1.59. The molecule has 2 aliphatic carbocycles. The summed E-state index contributed by atoms with van der Waals surface area (Å²) < 4.78 is 5.97. The smallest absolute Gasteiger partial charge is 0.191 e. The fraction of sp³-hybridized carbons (Fsp3) is 0.632. The molecule has 1 aromatic rings. The third kappa shape index (κ3) is 2.50. The Morgan fingerprint density at radius 2 is 2.17 bits per heavy atom. The zero-order valence-electron chi connectivity index (χ0n) is 14.2. The van der Waals surface area contributed by atoms with Crippen LogP contribution in [0.2, 0.25) is 0 Å². The molecule has 0 radical (unpaired) electrons. The standard InChI is InChI=1S/C19H27N3O2/c1-20-18(21-12-15(23)13-6-3-2-4-7-13)22-16-14-8-11-24-17(14)19(16)9-5-10-19/h2-4,6-7,14-17,23H,5,8-12H2,1H3,(H2,20,21,22). The molecule has 130 valence electrons. The lowest BCUT2D eigenvalue weighted by Gasteiger charge is -2.63. The number of fused-ring (bicyclic) bond motifs is 2. The first-order chi connectivity index (χ1) is 11.7. The molecule has 3 N–H and O–H groups in total. The van der Waals surface area contributed by atoms with Gasteiger partial charge in [0.2, 0.25) is 0 Å². The number of rotatable bonds is 4. The van der Waals surface area contributed by atoms with Gasteiger partial charge >= 0.3 is 0 Å². The Morgan fingerprint density at radius 1 is 1.38 bits per heavy atom. The molecule has 0 aromatic heterocycles. The fourth-order valence-electron chi connectivity index (χ4n) is 4.78. The number of nitrogens with one attached hydrogen (secondary N) is 2. The summed E-state index contributed by atoms with van der Waals surface area (Å²) in [4.78, 5) is 4.36. The molecule has 4 unspecified atom stereocenters. The van der Waals surface area contributed by atoms with Gasteiger partial charge in [-0.2, -0.15) is 0 Å². The zero-order chi connectivity index (χ0) is 16.6. The van der Waals surface area contributed by atoms with Crippen molar-refractivity contribution in [3.63, 3.8) is 0 Å². The highest BCUT2D eigenvalue weighted by atomic mass is 16.5. The second-order valence-electron chi connectivity index (χ2n) is 7.33. The van der Waals surface area contributed by atoms with Gasteiger partial charge in [0.15, 0.2) is 5.96 Å². The minimum absolute atomic E-state index is 0.330. The first-order valence-electron chi connectivity index (χ1n) is 9.06. The molecule has 5 heteroatoms. The highest BCUT2D eigenvalue weighted by molar-refractivity contribution is 5.80. The average molecular weight is 329 g/mol. The first kappa shape index (κ1) is 15.9. The molecule has 4 atom stereocenters. The highest BCUT2D eigenvalue weighted by Gasteiger charge is 2.66. The van der Waals surface area contributed by atoms with Crippen LogP contribution in [-0.4, -0.2) is 43.4 Å². The van der Waals surface area contributed by atoms with E-state index < -0.39 is 6.10 Å². The molecule has 0 amide bonds.